The quantitative estimate of drug-likeness (QED) is 0.357. The average molecular weight is 353 g/mol. The van der Waals surface area contributed by atoms with Crippen molar-refractivity contribution in [1.82, 2.24) is 15.6 Å². The van der Waals surface area contributed by atoms with E-state index in [0.717, 1.165) is 23.7 Å². The van der Waals surface area contributed by atoms with Crippen LogP contribution in [-0.4, -0.2) is 29.8 Å². The lowest BCUT2D eigenvalue weighted by molar-refractivity contribution is 0.783. The molecule has 0 saturated carbocycles. The number of aliphatic imine (C=N–C) groups is 1. The largest absolute Gasteiger partial charge is 0.357 e. The first-order valence-electron chi connectivity index (χ1n) is 8.47. The van der Waals surface area contributed by atoms with Gasteiger partial charge < -0.3 is 15.6 Å². The molecule has 3 rings (SSSR count). The van der Waals surface area contributed by atoms with Gasteiger partial charge in [-0.1, -0.05) is 43.3 Å². The zero-order valence-corrected chi connectivity index (χ0v) is 15.4. The first kappa shape index (κ1) is 17.4. The van der Waals surface area contributed by atoms with E-state index >= 15 is 0 Å². The third-order valence-corrected chi connectivity index (χ3v) is 5.01. The lowest BCUT2D eigenvalue weighted by Gasteiger charge is -2.15. The minimum Gasteiger partial charge on any atom is -0.357 e. The summed E-state index contributed by atoms with van der Waals surface area (Å²) in [5.74, 6) is 0.819. The Labute approximate surface area is 153 Å². The lowest BCUT2D eigenvalue weighted by Crippen LogP contribution is -2.39. The van der Waals surface area contributed by atoms with Gasteiger partial charge in [-0.25, -0.2) is 0 Å². The van der Waals surface area contributed by atoms with Gasteiger partial charge in [0.2, 0.25) is 0 Å². The molecule has 0 aliphatic rings. The van der Waals surface area contributed by atoms with Crippen LogP contribution >= 0.6 is 11.8 Å². The molecule has 2 aromatic carbocycles. The van der Waals surface area contributed by atoms with Crippen LogP contribution in [0.15, 0.2) is 70.6 Å². The number of benzene rings is 2. The lowest BCUT2D eigenvalue weighted by atomic mass is 10.2. The van der Waals surface area contributed by atoms with Gasteiger partial charge in [0.15, 0.2) is 5.96 Å². The third-order valence-electron chi connectivity index (χ3n) is 3.89. The summed E-state index contributed by atoms with van der Waals surface area (Å²) in [6, 6.07) is 21.0. The zero-order valence-electron chi connectivity index (χ0n) is 14.6. The van der Waals surface area contributed by atoms with Crippen LogP contribution in [0.4, 0.5) is 0 Å². The summed E-state index contributed by atoms with van der Waals surface area (Å²) in [6.45, 7) is 3.79. The van der Waals surface area contributed by atoms with Gasteiger partial charge in [-0.15, -0.1) is 11.8 Å². The third kappa shape index (κ3) is 5.03. The van der Waals surface area contributed by atoms with Crippen LogP contribution in [0.2, 0.25) is 0 Å². The highest BCUT2D eigenvalue weighted by molar-refractivity contribution is 8.00. The van der Waals surface area contributed by atoms with E-state index in [9.17, 15) is 0 Å². The summed E-state index contributed by atoms with van der Waals surface area (Å²) in [7, 11) is 1.80. The highest BCUT2D eigenvalue weighted by atomic mass is 32.2. The van der Waals surface area contributed by atoms with Crippen molar-refractivity contribution in [2.75, 3.05) is 13.6 Å². The van der Waals surface area contributed by atoms with Crippen molar-refractivity contribution in [2.45, 2.75) is 23.6 Å². The molecule has 0 radical (unpaired) electrons. The van der Waals surface area contributed by atoms with E-state index in [4.69, 9.17) is 0 Å². The van der Waals surface area contributed by atoms with Gasteiger partial charge in [0.1, 0.15) is 0 Å². The number of rotatable bonds is 6. The predicted molar refractivity (Wildman–Crippen MR) is 108 cm³/mol. The first-order valence-corrected chi connectivity index (χ1v) is 9.35. The molecule has 1 atom stereocenters. The average Bonchev–Trinajstić information content (AvgIpc) is 3.05. The fourth-order valence-electron chi connectivity index (χ4n) is 2.64. The molecule has 3 aromatic rings. The number of fused-ring (bicyclic) bond motifs is 1. The molecule has 0 aliphatic heterocycles. The Bertz CT molecular complexity index is 793. The van der Waals surface area contributed by atoms with Crippen LogP contribution in [0.3, 0.4) is 0 Å². The molecule has 0 spiro atoms. The summed E-state index contributed by atoms with van der Waals surface area (Å²) in [5, 5.41) is 8.45. The van der Waals surface area contributed by atoms with E-state index in [1.165, 1.54) is 10.3 Å². The fraction of sp³-hybridized carbons (Fsp3) is 0.250. The van der Waals surface area contributed by atoms with E-state index in [1.807, 2.05) is 23.9 Å². The molecule has 25 heavy (non-hydrogen) atoms. The first-order chi connectivity index (χ1) is 12.2. The Hall–Kier alpha value is -2.40. The fourth-order valence-corrected chi connectivity index (χ4v) is 3.59. The number of hydrogen-bond acceptors (Lipinski definition) is 2. The number of aromatic nitrogens is 1. The topological polar surface area (TPSA) is 52.2 Å². The number of nitrogens with zero attached hydrogens (tertiary/aromatic N) is 1. The second-order valence-corrected chi connectivity index (χ2v) is 7.44. The molecule has 0 bridgehead atoms. The molecule has 0 fully saturated rings. The van der Waals surface area contributed by atoms with Gasteiger partial charge in [-0.05, 0) is 29.7 Å². The predicted octanol–water partition coefficient (Wildman–Crippen LogP) is 4.01. The number of para-hydroxylation sites is 1. The van der Waals surface area contributed by atoms with Crippen LogP contribution in [-0.2, 0) is 6.54 Å². The monoisotopic (exact) mass is 352 g/mol. The van der Waals surface area contributed by atoms with Crippen molar-refractivity contribution in [2.24, 2.45) is 4.99 Å². The van der Waals surface area contributed by atoms with Crippen LogP contribution in [0.5, 0.6) is 0 Å². The van der Waals surface area contributed by atoms with Gasteiger partial charge >= 0.3 is 0 Å². The van der Waals surface area contributed by atoms with E-state index in [2.05, 4.69) is 76.1 Å². The summed E-state index contributed by atoms with van der Waals surface area (Å²) in [4.78, 5) is 9.02. The maximum Gasteiger partial charge on any atom is 0.191 e. The summed E-state index contributed by atoms with van der Waals surface area (Å²) in [6.07, 6.45) is 0. The molecule has 0 aliphatic carbocycles. The molecular weight excluding hydrogens is 328 g/mol. The van der Waals surface area contributed by atoms with E-state index in [0.29, 0.717) is 11.8 Å². The Morgan fingerprint density at radius 1 is 1.08 bits per heavy atom. The number of thioether (sulfide) groups is 1. The molecule has 1 heterocycles. The van der Waals surface area contributed by atoms with Crippen molar-refractivity contribution in [3.63, 3.8) is 0 Å². The van der Waals surface area contributed by atoms with Crippen LogP contribution in [0.1, 0.15) is 12.6 Å². The molecule has 5 heteroatoms. The van der Waals surface area contributed by atoms with Crippen molar-refractivity contribution in [1.29, 1.82) is 0 Å². The highest BCUT2D eigenvalue weighted by Gasteiger charge is 2.06. The smallest absolute Gasteiger partial charge is 0.191 e. The number of nitrogens with one attached hydrogen (secondary N) is 3. The number of hydrogen-bond donors (Lipinski definition) is 3. The molecular formula is C20H24N4S. The van der Waals surface area contributed by atoms with Gasteiger partial charge in [0, 0.05) is 34.9 Å². The van der Waals surface area contributed by atoms with Crippen molar-refractivity contribution in [3.05, 3.63) is 66.4 Å². The molecule has 0 saturated heterocycles. The Balaban J connectivity index is 1.47. The minimum atomic E-state index is 0.453. The minimum absolute atomic E-state index is 0.453. The van der Waals surface area contributed by atoms with Crippen LogP contribution in [0.25, 0.3) is 10.9 Å². The Morgan fingerprint density at radius 3 is 2.60 bits per heavy atom. The summed E-state index contributed by atoms with van der Waals surface area (Å²) >= 11 is 1.86. The number of aromatic amines is 1. The summed E-state index contributed by atoms with van der Waals surface area (Å²) in [5.41, 5.74) is 2.31. The van der Waals surface area contributed by atoms with Gasteiger partial charge in [0.05, 0.1) is 6.54 Å². The van der Waals surface area contributed by atoms with Crippen molar-refractivity contribution in [3.8, 4) is 0 Å². The molecule has 3 N–H and O–H groups in total. The van der Waals surface area contributed by atoms with Gasteiger partial charge in [-0.3, -0.25) is 4.99 Å². The molecule has 1 aromatic heterocycles. The Kier molecular flexibility index (Phi) is 6.01. The maximum atomic E-state index is 4.31. The maximum absolute atomic E-state index is 4.31. The normalized spacial score (nSPS) is 13.0. The number of H-pyrrole nitrogens is 1. The van der Waals surface area contributed by atoms with Crippen LogP contribution in [0, 0.1) is 0 Å². The molecule has 4 nitrogen and oxygen atoms in total. The highest BCUT2D eigenvalue weighted by Crippen LogP contribution is 2.21. The van der Waals surface area contributed by atoms with Gasteiger partial charge in [-0.2, -0.15) is 0 Å². The second-order valence-electron chi connectivity index (χ2n) is 5.93. The van der Waals surface area contributed by atoms with Gasteiger partial charge in [0.25, 0.3) is 0 Å². The van der Waals surface area contributed by atoms with E-state index in [-0.39, 0.29) is 0 Å². The standard InChI is InChI=1S/C20H24N4S/c1-15(25-18-9-4-3-5-10-18)13-22-20(21-2)23-14-17-12-16-8-6-7-11-19(16)24-17/h3-12,15,24H,13-14H2,1-2H3,(H2,21,22,23). The summed E-state index contributed by atoms with van der Waals surface area (Å²) < 4.78 is 0. The second kappa shape index (κ2) is 8.62. The molecule has 130 valence electrons. The SMILES string of the molecule is CN=C(NCc1cc2ccccc2[nH]1)NCC(C)Sc1ccccc1. The van der Waals surface area contributed by atoms with Crippen LogP contribution < -0.4 is 10.6 Å². The Morgan fingerprint density at radius 2 is 1.84 bits per heavy atom. The molecule has 1 unspecified atom stereocenters. The van der Waals surface area contributed by atoms with Crippen molar-refractivity contribution >= 4 is 28.6 Å². The number of guanidine groups is 1. The van der Waals surface area contributed by atoms with Crippen molar-refractivity contribution < 1.29 is 0 Å². The zero-order chi connectivity index (χ0) is 17.5. The molecule has 0 amide bonds. The van der Waals surface area contributed by atoms with E-state index < -0.39 is 0 Å². The van der Waals surface area contributed by atoms with E-state index in [1.54, 1.807) is 7.05 Å².